The zero-order chi connectivity index (χ0) is 20.7. The van der Waals surface area contributed by atoms with Gasteiger partial charge >= 0.3 is 0 Å². The van der Waals surface area contributed by atoms with E-state index in [4.69, 9.17) is 4.74 Å². The highest BCUT2D eigenvalue weighted by molar-refractivity contribution is 6.07. The van der Waals surface area contributed by atoms with Crippen LogP contribution in [0.1, 0.15) is 20.7 Å². The first-order valence-electron chi connectivity index (χ1n) is 7.95. The smallest absolute Gasteiger partial charge is 0.289 e. The molecule has 0 unspecified atom stereocenters. The average Bonchev–Trinajstić information content (AvgIpc) is 2.68. The van der Waals surface area contributed by atoms with Crippen molar-refractivity contribution in [1.82, 2.24) is 5.32 Å². The molecule has 2 N–H and O–H groups in total. The van der Waals surface area contributed by atoms with Crippen molar-refractivity contribution in [2.24, 2.45) is 0 Å². The maximum absolute atomic E-state index is 12.3. The van der Waals surface area contributed by atoms with Gasteiger partial charge in [0.25, 0.3) is 23.2 Å². The minimum atomic E-state index is -0.866. The molecule has 0 aliphatic carbocycles. The van der Waals surface area contributed by atoms with Gasteiger partial charge in [0, 0.05) is 31.0 Å². The number of amides is 2. The number of nitrogens with zero attached hydrogens (tertiary/aromatic N) is 2. The molecule has 0 bridgehead atoms. The molecule has 2 amide bonds. The molecule has 11 nitrogen and oxygen atoms in total. The Bertz CT molecular complexity index is 912. The molecule has 0 spiro atoms. The van der Waals surface area contributed by atoms with E-state index in [0.717, 1.165) is 18.2 Å². The summed E-state index contributed by atoms with van der Waals surface area (Å²) in [6.45, 7) is 0.714. The Labute approximate surface area is 158 Å². The molecule has 28 heavy (non-hydrogen) atoms. The second kappa shape index (κ2) is 9.19. The van der Waals surface area contributed by atoms with Crippen LogP contribution in [0.25, 0.3) is 0 Å². The number of carbonyl (C=O) groups is 2. The van der Waals surface area contributed by atoms with Crippen molar-refractivity contribution in [3.63, 3.8) is 0 Å². The number of non-ortho nitro benzene ring substituents is 1. The lowest BCUT2D eigenvalue weighted by molar-refractivity contribution is -0.394. The summed E-state index contributed by atoms with van der Waals surface area (Å²) in [5, 5.41) is 27.0. The molecule has 0 saturated carbocycles. The molecular formula is C17H16N4O7. The van der Waals surface area contributed by atoms with Crippen molar-refractivity contribution in [3.8, 4) is 0 Å². The molecular weight excluding hydrogens is 372 g/mol. The first-order chi connectivity index (χ1) is 13.3. The summed E-state index contributed by atoms with van der Waals surface area (Å²) in [4.78, 5) is 44.5. The minimum absolute atomic E-state index is 0.297. The van der Waals surface area contributed by atoms with Gasteiger partial charge in [0.05, 0.1) is 22.5 Å². The van der Waals surface area contributed by atoms with E-state index in [1.165, 1.54) is 31.4 Å². The number of benzene rings is 2. The number of carbonyl (C=O) groups excluding carboxylic acids is 2. The van der Waals surface area contributed by atoms with Crippen LogP contribution < -0.4 is 10.6 Å². The molecule has 0 aromatic heterocycles. The SMILES string of the molecule is COCCNC(=O)c1ccc(NC(=O)c2ccc([N+](=O)[O-])cc2[N+](=O)[O-])cc1. The molecule has 146 valence electrons. The third kappa shape index (κ3) is 5.08. The zero-order valence-corrected chi connectivity index (χ0v) is 14.7. The van der Waals surface area contributed by atoms with E-state index in [1.807, 2.05) is 0 Å². The van der Waals surface area contributed by atoms with Crippen molar-refractivity contribution in [2.75, 3.05) is 25.6 Å². The van der Waals surface area contributed by atoms with Crippen LogP contribution in [0.3, 0.4) is 0 Å². The minimum Gasteiger partial charge on any atom is -0.383 e. The van der Waals surface area contributed by atoms with E-state index in [9.17, 15) is 29.8 Å². The van der Waals surface area contributed by atoms with E-state index in [2.05, 4.69) is 10.6 Å². The van der Waals surface area contributed by atoms with Gasteiger partial charge in [0.1, 0.15) is 5.56 Å². The topological polar surface area (TPSA) is 154 Å². The first kappa shape index (κ1) is 20.5. The van der Waals surface area contributed by atoms with Gasteiger partial charge in [-0.3, -0.25) is 29.8 Å². The van der Waals surface area contributed by atoms with Crippen LogP contribution in [0.15, 0.2) is 42.5 Å². The number of nitro groups is 2. The van der Waals surface area contributed by atoms with Crippen LogP contribution in [0.2, 0.25) is 0 Å². The highest BCUT2D eigenvalue weighted by Crippen LogP contribution is 2.25. The van der Waals surface area contributed by atoms with E-state index < -0.39 is 27.1 Å². The standard InChI is InChI=1S/C17H16N4O7/c1-28-9-8-18-16(22)11-2-4-12(5-3-11)19-17(23)14-7-6-13(20(24)25)10-15(14)21(26)27/h2-7,10H,8-9H2,1H3,(H,18,22)(H,19,23). The summed E-state index contributed by atoms with van der Waals surface area (Å²) in [5.74, 6) is -1.13. The lowest BCUT2D eigenvalue weighted by Crippen LogP contribution is -2.26. The van der Waals surface area contributed by atoms with Crippen LogP contribution in [-0.4, -0.2) is 41.9 Å². The largest absolute Gasteiger partial charge is 0.383 e. The van der Waals surface area contributed by atoms with E-state index in [1.54, 1.807) is 0 Å². The Kier molecular flexibility index (Phi) is 6.71. The Morgan fingerprint density at radius 3 is 2.25 bits per heavy atom. The molecule has 0 radical (unpaired) electrons. The molecule has 11 heteroatoms. The Balaban J connectivity index is 2.13. The number of hydrogen-bond donors (Lipinski definition) is 2. The molecule has 2 aromatic carbocycles. The molecule has 0 heterocycles. The van der Waals surface area contributed by atoms with Crippen LogP contribution >= 0.6 is 0 Å². The van der Waals surface area contributed by atoms with Gasteiger partial charge in [-0.05, 0) is 30.3 Å². The molecule has 0 aliphatic rings. The van der Waals surface area contributed by atoms with Crippen molar-refractivity contribution < 1.29 is 24.2 Å². The predicted octanol–water partition coefficient (Wildman–Crippen LogP) is 2.13. The molecule has 0 atom stereocenters. The van der Waals surface area contributed by atoms with Gasteiger partial charge in [-0.15, -0.1) is 0 Å². The summed E-state index contributed by atoms with van der Waals surface area (Å²) in [6.07, 6.45) is 0. The van der Waals surface area contributed by atoms with Gasteiger partial charge in [0.2, 0.25) is 0 Å². The number of nitrogens with one attached hydrogen (secondary N) is 2. The number of rotatable bonds is 8. The first-order valence-corrected chi connectivity index (χ1v) is 7.95. The molecule has 0 fully saturated rings. The number of ether oxygens (including phenoxy) is 1. The lowest BCUT2D eigenvalue weighted by Gasteiger charge is -2.08. The van der Waals surface area contributed by atoms with Crippen molar-refractivity contribution >= 4 is 28.9 Å². The number of methoxy groups -OCH3 is 1. The van der Waals surface area contributed by atoms with Crippen LogP contribution in [0.5, 0.6) is 0 Å². The normalized spacial score (nSPS) is 10.2. The van der Waals surface area contributed by atoms with E-state index in [-0.39, 0.29) is 11.5 Å². The third-order valence-electron chi connectivity index (χ3n) is 3.63. The fourth-order valence-corrected chi connectivity index (χ4v) is 2.25. The highest BCUT2D eigenvalue weighted by Gasteiger charge is 2.24. The molecule has 2 rings (SSSR count). The van der Waals surface area contributed by atoms with E-state index >= 15 is 0 Å². The molecule has 0 saturated heterocycles. The zero-order valence-electron chi connectivity index (χ0n) is 14.7. The predicted molar refractivity (Wildman–Crippen MR) is 98.4 cm³/mol. The van der Waals surface area contributed by atoms with Gasteiger partial charge in [-0.25, -0.2) is 0 Å². The van der Waals surface area contributed by atoms with Gasteiger partial charge in [-0.2, -0.15) is 0 Å². The second-order valence-corrected chi connectivity index (χ2v) is 5.50. The van der Waals surface area contributed by atoms with Gasteiger partial charge < -0.3 is 15.4 Å². The lowest BCUT2D eigenvalue weighted by atomic mass is 10.1. The third-order valence-corrected chi connectivity index (χ3v) is 3.63. The van der Waals surface area contributed by atoms with Crippen molar-refractivity contribution in [3.05, 3.63) is 73.8 Å². The Morgan fingerprint density at radius 2 is 1.68 bits per heavy atom. The Hall–Kier alpha value is -3.86. The highest BCUT2D eigenvalue weighted by atomic mass is 16.6. The maximum atomic E-state index is 12.3. The van der Waals surface area contributed by atoms with Crippen LogP contribution in [0, 0.1) is 20.2 Å². The summed E-state index contributed by atoms with van der Waals surface area (Å²) in [6, 6.07) is 8.62. The quantitative estimate of drug-likeness (QED) is 0.399. The fourth-order valence-electron chi connectivity index (χ4n) is 2.25. The van der Waals surface area contributed by atoms with Gasteiger partial charge in [-0.1, -0.05) is 0 Å². The van der Waals surface area contributed by atoms with Crippen LogP contribution in [-0.2, 0) is 4.74 Å². The monoisotopic (exact) mass is 388 g/mol. The van der Waals surface area contributed by atoms with Crippen LogP contribution in [0.4, 0.5) is 17.1 Å². The van der Waals surface area contributed by atoms with Crippen molar-refractivity contribution in [2.45, 2.75) is 0 Å². The molecule has 2 aromatic rings. The summed E-state index contributed by atoms with van der Waals surface area (Å²) in [7, 11) is 1.51. The Morgan fingerprint density at radius 1 is 1.00 bits per heavy atom. The van der Waals surface area contributed by atoms with Gasteiger partial charge in [0.15, 0.2) is 0 Å². The second-order valence-electron chi connectivity index (χ2n) is 5.50. The van der Waals surface area contributed by atoms with Crippen molar-refractivity contribution in [1.29, 1.82) is 0 Å². The fraction of sp³-hybridized carbons (Fsp3) is 0.176. The average molecular weight is 388 g/mol. The number of anilines is 1. The molecule has 0 aliphatic heterocycles. The van der Waals surface area contributed by atoms with E-state index in [0.29, 0.717) is 24.4 Å². The maximum Gasteiger partial charge on any atom is 0.289 e. The summed E-state index contributed by atoms with van der Waals surface area (Å²) in [5.41, 5.74) is -0.841. The summed E-state index contributed by atoms with van der Waals surface area (Å²) >= 11 is 0. The number of hydrogen-bond acceptors (Lipinski definition) is 7. The number of nitro benzene ring substituents is 2. The summed E-state index contributed by atoms with van der Waals surface area (Å²) < 4.78 is 4.83.